The van der Waals surface area contributed by atoms with Crippen molar-refractivity contribution in [1.29, 1.82) is 0 Å². The molecule has 0 aliphatic heterocycles. The summed E-state index contributed by atoms with van der Waals surface area (Å²) in [7, 11) is 2.81. The molecule has 0 heterocycles. The van der Waals surface area contributed by atoms with Crippen molar-refractivity contribution < 1.29 is 3.07 Å². The molecule has 1 aromatic rings. The van der Waals surface area contributed by atoms with Gasteiger partial charge in [0.25, 0.3) is 0 Å². The highest BCUT2D eigenvalue weighted by atomic mass is 127. The molecule has 122 valence electrons. The lowest BCUT2D eigenvalue weighted by molar-refractivity contribution is 0.165. The van der Waals surface area contributed by atoms with Crippen molar-refractivity contribution in [2.45, 2.75) is 64.2 Å². The fourth-order valence-corrected chi connectivity index (χ4v) is 5.56. The van der Waals surface area contributed by atoms with Crippen LogP contribution in [0, 0.1) is 17.8 Å². The molecule has 2 aliphatic carbocycles. The second-order valence-corrected chi connectivity index (χ2v) is 8.57. The maximum Gasteiger partial charge on any atom is 0.192 e. The summed E-state index contributed by atoms with van der Waals surface area (Å²) in [4.78, 5) is 0. The normalized spacial score (nSPS) is 32.7. The van der Waals surface area contributed by atoms with Gasteiger partial charge in [0.2, 0.25) is 0 Å². The van der Waals surface area contributed by atoms with Crippen LogP contribution in [-0.4, -0.2) is 0 Å². The minimum Gasteiger partial charge on any atom is -0.427 e. The second kappa shape index (κ2) is 7.83. The Morgan fingerprint density at radius 2 is 1.55 bits per heavy atom. The maximum atomic E-state index is 5.34. The third-order valence-corrected chi connectivity index (χ3v) is 7.01. The Balaban J connectivity index is 1.56. The minimum absolute atomic E-state index is 0.765. The van der Waals surface area contributed by atoms with Gasteiger partial charge in [-0.1, -0.05) is 25.8 Å². The number of benzene rings is 1. The van der Waals surface area contributed by atoms with Gasteiger partial charge in [-0.05, 0) is 79.9 Å². The Labute approximate surface area is 151 Å². The average Bonchev–Trinajstić information content (AvgIpc) is 2.56. The molecule has 0 radical (unpaired) electrons. The van der Waals surface area contributed by atoms with Crippen LogP contribution in [0.5, 0.6) is 5.75 Å². The van der Waals surface area contributed by atoms with Gasteiger partial charge >= 0.3 is 0 Å². The van der Waals surface area contributed by atoms with Crippen LogP contribution in [0.2, 0.25) is 0 Å². The number of rotatable bonds is 3. The van der Waals surface area contributed by atoms with Gasteiger partial charge in [0.1, 0.15) is 5.75 Å². The molecule has 0 spiro atoms. The van der Waals surface area contributed by atoms with E-state index in [1.807, 2.05) is 23.0 Å². The number of hydrogen-bond donors (Lipinski definition) is 0. The topological polar surface area (TPSA) is 9.23 Å². The van der Waals surface area contributed by atoms with Crippen molar-refractivity contribution in [3.05, 3.63) is 23.8 Å². The van der Waals surface area contributed by atoms with E-state index in [4.69, 9.17) is 3.07 Å². The third kappa shape index (κ3) is 3.98. The summed E-state index contributed by atoms with van der Waals surface area (Å²) in [6.45, 7) is 2.43. The molecule has 3 rings (SSSR count). The lowest BCUT2D eigenvalue weighted by Crippen LogP contribution is -2.24. The fourth-order valence-electron chi connectivity index (χ4n) is 4.57. The molecule has 1 atom stereocenters. The van der Waals surface area contributed by atoms with Crippen LogP contribution in [0.4, 0.5) is 0 Å². The molecular formula is C19H28IOP. The van der Waals surface area contributed by atoms with E-state index < -0.39 is 0 Å². The summed E-state index contributed by atoms with van der Waals surface area (Å²) in [5, 5.41) is 1.19. The summed E-state index contributed by atoms with van der Waals surface area (Å²) in [5.41, 5.74) is 1.51. The molecule has 0 saturated heterocycles. The standard InChI is InChI=1S/C19H28IOP/c1-13-2-4-14(5-3-13)15-6-8-16(9-7-15)17-10-11-18(21-20)19(22)12-17/h10-16H,2-9,22H2,1H3. The molecule has 2 saturated carbocycles. The van der Waals surface area contributed by atoms with Gasteiger partial charge in [0.15, 0.2) is 23.0 Å². The van der Waals surface area contributed by atoms with Crippen molar-refractivity contribution in [3.63, 3.8) is 0 Å². The zero-order valence-corrected chi connectivity index (χ0v) is 16.9. The van der Waals surface area contributed by atoms with E-state index in [0.717, 1.165) is 29.4 Å². The summed E-state index contributed by atoms with van der Waals surface area (Å²) < 4.78 is 5.34. The third-order valence-electron chi connectivity index (χ3n) is 6.09. The Bertz CT molecular complexity index is 488. The highest BCUT2D eigenvalue weighted by Gasteiger charge is 2.30. The molecule has 0 amide bonds. The van der Waals surface area contributed by atoms with Crippen molar-refractivity contribution >= 4 is 37.6 Å². The van der Waals surface area contributed by atoms with Gasteiger partial charge in [-0.2, -0.15) is 0 Å². The molecule has 1 unspecified atom stereocenters. The Morgan fingerprint density at radius 3 is 2.09 bits per heavy atom. The van der Waals surface area contributed by atoms with E-state index in [9.17, 15) is 0 Å². The van der Waals surface area contributed by atoms with Gasteiger partial charge in [-0.15, -0.1) is 9.24 Å². The largest absolute Gasteiger partial charge is 0.427 e. The van der Waals surface area contributed by atoms with Crippen molar-refractivity contribution in [1.82, 2.24) is 0 Å². The molecule has 3 heteroatoms. The molecule has 0 N–H and O–H groups in total. The average molecular weight is 430 g/mol. The molecule has 2 aliphatic rings. The monoisotopic (exact) mass is 430 g/mol. The van der Waals surface area contributed by atoms with E-state index in [1.165, 1.54) is 62.2 Å². The van der Waals surface area contributed by atoms with Gasteiger partial charge in [0.05, 0.1) is 0 Å². The van der Waals surface area contributed by atoms with Crippen LogP contribution in [0.15, 0.2) is 18.2 Å². The van der Waals surface area contributed by atoms with E-state index in [1.54, 1.807) is 0 Å². The fraction of sp³-hybridized carbons (Fsp3) is 0.684. The molecule has 1 aromatic carbocycles. The first-order valence-electron chi connectivity index (χ1n) is 8.85. The Hall–Kier alpha value is 0.180. The van der Waals surface area contributed by atoms with Gasteiger partial charge in [-0.3, -0.25) is 0 Å². The quantitative estimate of drug-likeness (QED) is 0.421. The van der Waals surface area contributed by atoms with Gasteiger partial charge in [0, 0.05) is 5.30 Å². The molecule has 2 fully saturated rings. The van der Waals surface area contributed by atoms with Gasteiger partial charge < -0.3 is 3.07 Å². The van der Waals surface area contributed by atoms with Crippen LogP contribution in [0.3, 0.4) is 0 Å². The maximum absolute atomic E-state index is 5.34. The van der Waals surface area contributed by atoms with Gasteiger partial charge in [-0.25, -0.2) is 0 Å². The summed E-state index contributed by atoms with van der Waals surface area (Å²) in [6, 6.07) is 6.71. The van der Waals surface area contributed by atoms with E-state index in [2.05, 4.69) is 34.4 Å². The Kier molecular flexibility index (Phi) is 6.06. The highest BCUT2D eigenvalue weighted by molar-refractivity contribution is 14.1. The summed E-state index contributed by atoms with van der Waals surface area (Å²) >= 11 is 1.96. The first-order valence-corrected chi connectivity index (χ1v) is 10.3. The predicted molar refractivity (Wildman–Crippen MR) is 106 cm³/mol. The van der Waals surface area contributed by atoms with Crippen LogP contribution in [0.1, 0.15) is 69.8 Å². The molecule has 1 nitrogen and oxygen atoms in total. The van der Waals surface area contributed by atoms with Crippen LogP contribution >= 0.6 is 32.2 Å². The van der Waals surface area contributed by atoms with Crippen LogP contribution in [-0.2, 0) is 0 Å². The first kappa shape index (κ1) is 17.0. The predicted octanol–water partition coefficient (Wildman–Crippen LogP) is 6.02. The van der Waals surface area contributed by atoms with E-state index >= 15 is 0 Å². The molecule has 0 bridgehead atoms. The lowest BCUT2D eigenvalue weighted by Gasteiger charge is -2.37. The van der Waals surface area contributed by atoms with E-state index in [0.29, 0.717) is 0 Å². The van der Waals surface area contributed by atoms with Crippen molar-refractivity contribution in [2.24, 2.45) is 17.8 Å². The molecule has 22 heavy (non-hydrogen) atoms. The number of hydrogen-bond acceptors (Lipinski definition) is 1. The van der Waals surface area contributed by atoms with Crippen LogP contribution < -0.4 is 8.37 Å². The Morgan fingerprint density at radius 1 is 0.955 bits per heavy atom. The zero-order chi connectivity index (χ0) is 15.5. The lowest BCUT2D eigenvalue weighted by atomic mass is 9.68. The second-order valence-electron chi connectivity index (χ2n) is 7.51. The van der Waals surface area contributed by atoms with Crippen molar-refractivity contribution in [2.75, 3.05) is 0 Å². The van der Waals surface area contributed by atoms with E-state index in [-0.39, 0.29) is 0 Å². The van der Waals surface area contributed by atoms with Crippen molar-refractivity contribution in [3.8, 4) is 5.75 Å². The number of halogens is 1. The smallest absolute Gasteiger partial charge is 0.192 e. The molecular weight excluding hydrogens is 402 g/mol. The molecule has 0 aromatic heterocycles. The zero-order valence-electron chi connectivity index (χ0n) is 13.6. The SMILES string of the molecule is CC1CCC(C2CCC(c3ccc(OI)c(P)c3)CC2)CC1. The summed E-state index contributed by atoms with van der Waals surface area (Å²) in [5.74, 6) is 4.76. The highest BCUT2D eigenvalue weighted by Crippen LogP contribution is 2.43. The summed E-state index contributed by atoms with van der Waals surface area (Å²) in [6.07, 6.45) is 11.6. The van der Waals surface area contributed by atoms with Crippen LogP contribution in [0.25, 0.3) is 0 Å². The first-order chi connectivity index (χ1) is 10.7. The minimum atomic E-state index is 0.765.